The molecule has 0 saturated carbocycles. The summed E-state index contributed by atoms with van der Waals surface area (Å²) >= 11 is 11.9. The number of carbonyl (C=O) groups excluding carboxylic acids is 2. The Morgan fingerprint density at radius 3 is 2.70 bits per heavy atom. The second-order valence-electron chi connectivity index (χ2n) is 4.84. The lowest BCUT2D eigenvalue weighted by molar-refractivity contribution is 0.0945. The van der Waals surface area contributed by atoms with E-state index in [0.717, 1.165) is 6.42 Å². The van der Waals surface area contributed by atoms with E-state index in [9.17, 15) is 9.59 Å². The van der Waals surface area contributed by atoms with Crippen molar-refractivity contribution in [1.29, 1.82) is 0 Å². The molecule has 1 aromatic heterocycles. The Kier molecular flexibility index (Phi) is 5.63. The van der Waals surface area contributed by atoms with Crippen LogP contribution in [0.3, 0.4) is 0 Å². The van der Waals surface area contributed by atoms with Gasteiger partial charge in [-0.1, -0.05) is 36.2 Å². The maximum atomic E-state index is 12.4. The summed E-state index contributed by atoms with van der Waals surface area (Å²) in [5.74, 6) is -0.769. The van der Waals surface area contributed by atoms with Gasteiger partial charge in [0, 0.05) is 13.6 Å². The molecule has 23 heavy (non-hydrogen) atoms. The molecule has 2 aromatic rings. The first-order valence-electron chi connectivity index (χ1n) is 7.01. The van der Waals surface area contributed by atoms with Crippen molar-refractivity contribution < 1.29 is 9.59 Å². The van der Waals surface area contributed by atoms with Crippen LogP contribution in [0.5, 0.6) is 0 Å². The van der Waals surface area contributed by atoms with E-state index in [1.807, 2.05) is 6.92 Å². The van der Waals surface area contributed by atoms with Gasteiger partial charge >= 0.3 is 0 Å². The first-order chi connectivity index (χ1) is 11.0. The van der Waals surface area contributed by atoms with E-state index >= 15 is 0 Å². The highest BCUT2D eigenvalue weighted by Gasteiger charge is 2.20. The quantitative estimate of drug-likeness (QED) is 0.865. The maximum Gasteiger partial charge on any atom is 0.271 e. The molecule has 2 rings (SSSR count). The smallest absolute Gasteiger partial charge is 0.271 e. The molecule has 0 fully saturated rings. The number of benzene rings is 1. The van der Waals surface area contributed by atoms with Gasteiger partial charge in [-0.2, -0.15) is 5.10 Å². The largest absolute Gasteiger partial charge is 0.351 e. The Balaban J connectivity index is 2.25. The highest BCUT2D eigenvalue weighted by Crippen LogP contribution is 2.26. The third-order valence-corrected chi connectivity index (χ3v) is 3.95. The van der Waals surface area contributed by atoms with Crippen LogP contribution < -0.4 is 10.6 Å². The van der Waals surface area contributed by atoms with Crippen LogP contribution in [0.4, 0.5) is 5.69 Å². The van der Waals surface area contributed by atoms with E-state index in [-0.39, 0.29) is 27.2 Å². The van der Waals surface area contributed by atoms with E-state index in [2.05, 4.69) is 15.7 Å². The Morgan fingerprint density at radius 2 is 2.00 bits per heavy atom. The Morgan fingerprint density at radius 1 is 1.26 bits per heavy atom. The Bertz CT molecular complexity index is 743. The fraction of sp³-hybridized carbons (Fsp3) is 0.267. The molecule has 6 nitrogen and oxygen atoms in total. The fourth-order valence-electron chi connectivity index (χ4n) is 1.99. The van der Waals surface area contributed by atoms with Crippen LogP contribution in [0.2, 0.25) is 10.0 Å². The molecule has 0 saturated heterocycles. The van der Waals surface area contributed by atoms with E-state index in [0.29, 0.717) is 12.2 Å². The summed E-state index contributed by atoms with van der Waals surface area (Å²) in [7, 11) is 1.63. The zero-order chi connectivity index (χ0) is 17.0. The molecule has 2 N–H and O–H groups in total. The molecular weight excluding hydrogens is 339 g/mol. The third kappa shape index (κ3) is 3.83. The van der Waals surface area contributed by atoms with Crippen molar-refractivity contribution in [1.82, 2.24) is 15.1 Å². The number of nitrogens with one attached hydrogen (secondary N) is 2. The topological polar surface area (TPSA) is 76.0 Å². The van der Waals surface area contributed by atoms with Crippen LogP contribution in [0.25, 0.3) is 0 Å². The number of carbonyl (C=O) groups is 2. The first kappa shape index (κ1) is 17.3. The summed E-state index contributed by atoms with van der Waals surface area (Å²) in [6.07, 6.45) is 2.22. The molecule has 122 valence electrons. The lowest BCUT2D eigenvalue weighted by Crippen LogP contribution is -2.27. The molecule has 0 spiro atoms. The molecule has 1 aromatic carbocycles. The number of anilines is 1. The van der Waals surface area contributed by atoms with Gasteiger partial charge < -0.3 is 10.6 Å². The molecule has 0 atom stereocenters. The fourth-order valence-corrected chi connectivity index (χ4v) is 2.38. The van der Waals surface area contributed by atoms with E-state index < -0.39 is 5.91 Å². The normalized spacial score (nSPS) is 10.4. The molecular formula is C15H16Cl2N4O2. The van der Waals surface area contributed by atoms with Crippen molar-refractivity contribution in [3.05, 3.63) is 45.7 Å². The monoisotopic (exact) mass is 354 g/mol. The third-order valence-electron chi connectivity index (χ3n) is 3.13. The summed E-state index contributed by atoms with van der Waals surface area (Å²) in [5, 5.41) is 9.86. The molecule has 0 radical (unpaired) electrons. The second kappa shape index (κ2) is 7.48. The minimum atomic E-state index is -0.463. The molecule has 0 bridgehead atoms. The van der Waals surface area contributed by atoms with Crippen molar-refractivity contribution in [3.8, 4) is 0 Å². The summed E-state index contributed by atoms with van der Waals surface area (Å²) in [6.45, 7) is 2.49. The maximum absolute atomic E-state index is 12.4. The van der Waals surface area contributed by atoms with E-state index in [4.69, 9.17) is 23.2 Å². The number of aryl methyl sites for hydroxylation is 1. The zero-order valence-electron chi connectivity index (χ0n) is 12.7. The summed E-state index contributed by atoms with van der Waals surface area (Å²) in [4.78, 5) is 24.5. The number of rotatable bonds is 5. The van der Waals surface area contributed by atoms with E-state index in [1.54, 1.807) is 25.2 Å². The molecule has 0 aliphatic rings. The second-order valence-corrected chi connectivity index (χ2v) is 5.63. The van der Waals surface area contributed by atoms with Gasteiger partial charge in [-0.05, 0) is 18.6 Å². The molecule has 0 aliphatic carbocycles. The molecule has 2 amide bonds. The Hall–Kier alpha value is -2.05. The first-order valence-corrected chi connectivity index (χ1v) is 7.76. The highest BCUT2D eigenvalue weighted by molar-refractivity contribution is 6.44. The number of hydrogen-bond donors (Lipinski definition) is 2. The zero-order valence-corrected chi connectivity index (χ0v) is 14.2. The van der Waals surface area contributed by atoms with Crippen LogP contribution in [0.15, 0.2) is 24.4 Å². The van der Waals surface area contributed by atoms with Crippen LogP contribution in [0.1, 0.15) is 34.2 Å². The lowest BCUT2D eigenvalue weighted by atomic mass is 10.2. The van der Waals surface area contributed by atoms with Gasteiger partial charge in [-0.15, -0.1) is 0 Å². The highest BCUT2D eigenvalue weighted by atomic mass is 35.5. The number of halogens is 2. The van der Waals surface area contributed by atoms with Crippen molar-refractivity contribution in [2.45, 2.75) is 13.3 Å². The predicted octanol–water partition coefficient (Wildman–Crippen LogP) is 3.12. The lowest BCUT2D eigenvalue weighted by Gasteiger charge is -2.09. The predicted molar refractivity (Wildman–Crippen MR) is 90.2 cm³/mol. The van der Waals surface area contributed by atoms with Crippen LogP contribution in [-0.4, -0.2) is 28.1 Å². The van der Waals surface area contributed by atoms with Gasteiger partial charge in [0.25, 0.3) is 11.8 Å². The Labute approximate surface area is 143 Å². The van der Waals surface area contributed by atoms with E-state index in [1.165, 1.54) is 10.9 Å². The average molecular weight is 355 g/mol. The molecule has 0 unspecified atom stereocenters. The minimum Gasteiger partial charge on any atom is -0.351 e. The standard InChI is InChI=1S/C15H16Cl2N4O2/c1-3-7-18-15(23)13-11(8-19-21(13)2)20-14(22)9-5-4-6-10(16)12(9)17/h4-6,8H,3,7H2,1-2H3,(H,18,23)(H,20,22). The summed E-state index contributed by atoms with van der Waals surface area (Å²) in [5.41, 5.74) is 0.801. The van der Waals surface area contributed by atoms with Crippen molar-refractivity contribution in [3.63, 3.8) is 0 Å². The SMILES string of the molecule is CCCNC(=O)c1c(NC(=O)c2cccc(Cl)c2Cl)cnn1C. The number of hydrogen-bond acceptors (Lipinski definition) is 3. The average Bonchev–Trinajstić information content (AvgIpc) is 2.88. The number of amides is 2. The summed E-state index contributed by atoms with van der Waals surface area (Å²) in [6, 6.07) is 4.77. The minimum absolute atomic E-state index is 0.160. The van der Waals surface area contributed by atoms with Crippen LogP contribution >= 0.6 is 23.2 Å². The molecule has 8 heteroatoms. The van der Waals surface area contributed by atoms with Gasteiger partial charge in [0.2, 0.25) is 0 Å². The van der Waals surface area contributed by atoms with Gasteiger partial charge in [0.15, 0.2) is 0 Å². The van der Waals surface area contributed by atoms with Crippen molar-refractivity contribution >= 4 is 40.7 Å². The van der Waals surface area contributed by atoms with Gasteiger partial charge in [0.05, 0.1) is 27.5 Å². The van der Waals surface area contributed by atoms with Crippen molar-refractivity contribution in [2.24, 2.45) is 7.05 Å². The van der Waals surface area contributed by atoms with Gasteiger partial charge in [-0.3, -0.25) is 14.3 Å². The number of nitrogens with zero attached hydrogens (tertiary/aromatic N) is 2. The van der Waals surface area contributed by atoms with Crippen LogP contribution in [-0.2, 0) is 7.05 Å². The van der Waals surface area contributed by atoms with Crippen molar-refractivity contribution in [2.75, 3.05) is 11.9 Å². The van der Waals surface area contributed by atoms with Gasteiger partial charge in [0.1, 0.15) is 5.69 Å². The summed E-state index contributed by atoms with van der Waals surface area (Å²) < 4.78 is 1.40. The molecule has 0 aliphatic heterocycles. The van der Waals surface area contributed by atoms with Crippen LogP contribution in [0, 0.1) is 0 Å². The number of aromatic nitrogens is 2. The van der Waals surface area contributed by atoms with Gasteiger partial charge in [-0.25, -0.2) is 0 Å². The molecule has 1 heterocycles.